The molecular weight excluding hydrogens is 357 g/mol. The predicted molar refractivity (Wildman–Crippen MR) is 62.4 cm³/mol. The summed E-state index contributed by atoms with van der Waals surface area (Å²) in [5.41, 5.74) is 4.46. The van der Waals surface area contributed by atoms with Gasteiger partial charge in [-0.1, -0.05) is 40.3 Å². The second-order valence-electron chi connectivity index (χ2n) is 3.00. The third-order valence-corrected chi connectivity index (χ3v) is 3.46. The van der Waals surface area contributed by atoms with Gasteiger partial charge in [-0.2, -0.15) is 13.2 Å². The Morgan fingerprint density at radius 2 is 2.00 bits per heavy atom. The second-order valence-corrected chi connectivity index (χ2v) is 4.65. The first kappa shape index (κ1) is 13.6. The van der Waals surface area contributed by atoms with Crippen molar-refractivity contribution in [3.8, 4) is 0 Å². The highest BCUT2D eigenvalue weighted by molar-refractivity contribution is 14.1. The Kier molecular flexibility index (Phi) is 4.06. The molecular formula is C9H6ClF3INO. The molecule has 1 unspecified atom stereocenters. The van der Waals surface area contributed by atoms with Crippen LogP contribution in [0.3, 0.4) is 0 Å². The van der Waals surface area contributed by atoms with Crippen LogP contribution in [0.15, 0.2) is 18.2 Å². The van der Waals surface area contributed by atoms with E-state index < -0.39 is 21.6 Å². The van der Waals surface area contributed by atoms with Crippen LogP contribution < -0.4 is 5.73 Å². The van der Waals surface area contributed by atoms with Crippen LogP contribution in [0.5, 0.6) is 0 Å². The SMILES string of the molecule is NC(=O)C(I)c1ccc(C(F)(F)F)cc1Cl. The first-order valence-corrected chi connectivity index (χ1v) is 5.66. The summed E-state index contributed by atoms with van der Waals surface area (Å²) in [6, 6.07) is 2.81. The lowest BCUT2D eigenvalue weighted by Crippen LogP contribution is -2.17. The van der Waals surface area contributed by atoms with Crippen LogP contribution in [0.25, 0.3) is 0 Å². The minimum Gasteiger partial charge on any atom is -0.368 e. The molecule has 0 heterocycles. The molecule has 0 radical (unpaired) electrons. The smallest absolute Gasteiger partial charge is 0.368 e. The third-order valence-electron chi connectivity index (χ3n) is 1.85. The zero-order valence-electron chi connectivity index (χ0n) is 7.68. The van der Waals surface area contributed by atoms with Crippen LogP contribution in [0.1, 0.15) is 15.1 Å². The number of rotatable bonds is 2. The standard InChI is InChI=1S/C9H6ClF3INO/c10-6-3-4(9(11,12)13)1-2-5(6)7(14)8(15)16/h1-3,7H,(H2,15,16). The average Bonchev–Trinajstić information content (AvgIpc) is 2.15. The number of nitrogens with two attached hydrogens (primary N) is 1. The van der Waals surface area contributed by atoms with Gasteiger partial charge in [0.15, 0.2) is 0 Å². The number of halogens is 5. The van der Waals surface area contributed by atoms with E-state index >= 15 is 0 Å². The number of carbonyl (C=O) groups excluding carboxylic acids is 1. The van der Waals surface area contributed by atoms with Gasteiger partial charge in [-0.05, 0) is 17.7 Å². The summed E-state index contributed by atoms with van der Waals surface area (Å²) >= 11 is 7.38. The molecule has 0 aromatic heterocycles. The van der Waals surface area contributed by atoms with E-state index in [1.807, 2.05) is 0 Å². The summed E-state index contributed by atoms with van der Waals surface area (Å²) in [5.74, 6) is -0.651. The van der Waals surface area contributed by atoms with E-state index in [0.29, 0.717) is 0 Å². The normalized spacial score (nSPS) is 13.6. The summed E-state index contributed by atoms with van der Waals surface area (Å²) in [4.78, 5) is 10.9. The van der Waals surface area contributed by atoms with Crippen LogP contribution in [0, 0.1) is 0 Å². The van der Waals surface area contributed by atoms with Crippen molar-refractivity contribution >= 4 is 40.1 Å². The van der Waals surface area contributed by atoms with Crippen LogP contribution in [-0.4, -0.2) is 5.91 Å². The number of amides is 1. The molecule has 0 bridgehead atoms. The number of benzene rings is 1. The Morgan fingerprint density at radius 3 is 2.38 bits per heavy atom. The first-order valence-electron chi connectivity index (χ1n) is 4.03. The summed E-state index contributed by atoms with van der Waals surface area (Å²) in [7, 11) is 0. The molecule has 0 aliphatic carbocycles. The van der Waals surface area contributed by atoms with Gasteiger partial charge in [0, 0.05) is 5.02 Å². The molecule has 16 heavy (non-hydrogen) atoms. The van der Waals surface area contributed by atoms with Gasteiger partial charge in [-0.15, -0.1) is 0 Å². The Bertz CT molecular complexity index is 422. The van der Waals surface area contributed by atoms with Crippen molar-refractivity contribution in [2.45, 2.75) is 10.1 Å². The molecule has 0 saturated heterocycles. The Balaban J connectivity index is 3.15. The van der Waals surface area contributed by atoms with Crippen LogP contribution in [0.4, 0.5) is 13.2 Å². The largest absolute Gasteiger partial charge is 0.416 e. The van der Waals surface area contributed by atoms with Crippen molar-refractivity contribution < 1.29 is 18.0 Å². The molecule has 88 valence electrons. The van der Waals surface area contributed by atoms with E-state index in [4.69, 9.17) is 17.3 Å². The Hall–Kier alpha value is -0.500. The van der Waals surface area contributed by atoms with Crippen molar-refractivity contribution in [2.75, 3.05) is 0 Å². The molecule has 2 nitrogen and oxygen atoms in total. The van der Waals surface area contributed by atoms with E-state index in [2.05, 4.69) is 0 Å². The zero-order valence-corrected chi connectivity index (χ0v) is 10.6. The molecule has 0 aliphatic rings. The van der Waals surface area contributed by atoms with Gasteiger partial charge >= 0.3 is 6.18 Å². The van der Waals surface area contributed by atoms with Crippen LogP contribution in [0.2, 0.25) is 5.02 Å². The third kappa shape index (κ3) is 3.00. The molecule has 7 heteroatoms. The number of hydrogen-bond donors (Lipinski definition) is 1. The van der Waals surface area contributed by atoms with Crippen molar-refractivity contribution in [1.29, 1.82) is 0 Å². The van der Waals surface area contributed by atoms with Gasteiger partial charge in [0.2, 0.25) is 5.91 Å². The fraction of sp³-hybridized carbons (Fsp3) is 0.222. The van der Waals surface area contributed by atoms with E-state index in [9.17, 15) is 18.0 Å². The molecule has 0 spiro atoms. The van der Waals surface area contributed by atoms with Crippen molar-refractivity contribution in [1.82, 2.24) is 0 Å². The maximum Gasteiger partial charge on any atom is 0.416 e. The zero-order chi connectivity index (χ0) is 12.5. The lowest BCUT2D eigenvalue weighted by Gasteiger charge is -2.11. The van der Waals surface area contributed by atoms with Gasteiger partial charge in [0.25, 0.3) is 0 Å². The second kappa shape index (κ2) is 4.79. The van der Waals surface area contributed by atoms with E-state index in [0.717, 1.165) is 18.2 Å². The van der Waals surface area contributed by atoms with Crippen molar-refractivity contribution in [2.24, 2.45) is 5.73 Å². The maximum atomic E-state index is 12.3. The molecule has 0 saturated carbocycles. The van der Waals surface area contributed by atoms with Crippen LogP contribution in [-0.2, 0) is 11.0 Å². The summed E-state index contributed by atoms with van der Waals surface area (Å²) < 4.78 is 36.2. The molecule has 2 N–H and O–H groups in total. The quantitative estimate of drug-likeness (QED) is 0.636. The summed E-state index contributed by atoms with van der Waals surface area (Å²) in [6.07, 6.45) is -4.45. The van der Waals surface area contributed by atoms with Crippen molar-refractivity contribution in [3.63, 3.8) is 0 Å². The topological polar surface area (TPSA) is 43.1 Å². The van der Waals surface area contributed by atoms with Gasteiger partial charge in [-0.3, -0.25) is 4.79 Å². The Morgan fingerprint density at radius 1 is 1.44 bits per heavy atom. The number of hydrogen-bond acceptors (Lipinski definition) is 1. The van der Waals surface area contributed by atoms with E-state index in [1.54, 1.807) is 22.6 Å². The summed E-state index contributed by atoms with van der Waals surface area (Å²) in [5, 5.41) is -0.118. The first-order chi connectivity index (χ1) is 7.23. The highest BCUT2D eigenvalue weighted by Gasteiger charge is 2.31. The number of alkyl halides is 4. The van der Waals surface area contributed by atoms with E-state index in [-0.39, 0.29) is 10.6 Å². The average molecular weight is 364 g/mol. The van der Waals surface area contributed by atoms with Gasteiger partial charge < -0.3 is 5.73 Å². The molecule has 0 fully saturated rings. The van der Waals surface area contributed by atoms with Gasteiger partial charge in [-0.25, -0.2) is 0 Å². The number of primary amides is 1. The van der Waals surface area contributed by atoms with Crippen molar-refractivity contribution in [3.05, 3.63) is 34.3 Å². The fourth-order valence-electron chi connectivity index (χ4n) is 1.06. The van der Waals surface area contributed by atoms with E-state index in [1.165, 1.54) is 0 Å². The lowest BCUT2D eigenvalue weighted by atomic mass is 10.1. The highest BCUT2D eigenvalue weighted by Crippen LogP contribution is 2.35. The molecule has 1 rings (SSSR count). The van der Waals surface area contributed by atoms with Gasteiger partial charge in [0.1, 0.15) is 3.92 Å². The van der Waals surface area contributed by atoms with Crippen LogP contribution >= 0.6 is 34.2 Å². The molecule has 0 aliphatic heterocycles. The predicted octanol–water partition coefficient (Wildman–Crippen LogP) is 3.32. The fourth-order valence-corrected chi connectivity index (χ4v) is 2.08. The lowest BCUT2D eigenvalue weighted by molar-refractivity contribution is -0.137. The monoisotopic (exact) mass is 363 g/mol. The minimum absolute atomic E-state index is 0.118. The molecule has 1 aromatic rings. The Labute approximate surface area is 108 Å². The molecule has 1 amide bonds. The molecule has 1 atom stereocenters. The number of carbonyl (C=O) groups is 1. The summed E-state index contributed by atoms with van der Waals surface area (Å²) in [6.45, 7) is 0. The molecule has 1 aromatic carbocycles. The highest BCUT2D eigenvalue weighted by atomic mass is 127. The van der Waals surface area contributed by atoms with Gasteiger partial charge in [0.05, 0.1) is 5.56 Å². The maximum absolute atomic E-state index is 12.3. The minimum atomic E-state index is -4.45.